The fourth-order valence-electron chi connectivity index (χ4n) is 2.13. The maximum absolute atomic E-state index is 13.7. The Hall–Kier alpha value is -1.05. The lowest BCUT2D eigenvalue weighted by Crippen LogP contribution is -2.30. The molecule has 0 saturated carbocycles. The van der Waals surface area contributed by atoms with Crippen LogP contribution in [0.3, 0.4) is 0 Å². The summed E-state index contributed by atoms with van der Waals surface area (Å²) in [6.07, 6.45) is -0.870. The first kappa shape index (κ1) is 9.50. The van der Waals surface area contributed by atoms with E-state index >= 15 is 0 Å². The van der Waals surface area contributed by atoms with Crippen LogP contribution in [0.4, 0.5) is 4.39 Å². The van der Waals surface area contributed by atoms with Crippen molar-refractivity contribution in [2.45, 2.75) is 25.9 Å². The molecule has 2 rings (SSSR count). The van der Waals surface area contributed by atoms with Gasteiger partial charge in [0, 0.05) is 11.5 Å². The minimum absolute atomic E-state index is 0.0139. The van der Waals surface area contributed by atoms with Crippen LogP contribution in [0.2, 0.25) is 0 Å². The Bertz CT molecular complexity index is 322. The number of rotatable bonds is 1. The standard InChI is InChI=1S/C12H15FO/c1-8(2)12-9-5-3-4-6-11(9)14-7-10(12)13/h3-6,8,10,12H,7H2,1-2H3/t10-,12-/m1/s1. The number of hydrogen-bond donors (Lipinski definition) is 0. The van der Waals surface area contributed by atoms with Crippen LogP contribution in [0, 0.1) is 5.92 Å². The van der Waals surface area contributed by atoms with E-state index < -0.39 is 6.17 Å². The van der Waals surface area contributed by atoms with Crippen molar-refractivity contribution in [3.63, 3.8) is 0 Å². The quantitative estimate of drug-likeness (QED) is 0.667. The number of alkyl halides is 1. The second-order valence-electron chi connectivity index (χ2n) is 4.13. The molecular formula is C12H15FO. The Morgan fingerprint density at radius 1 is 1.36 bits per heavy atom. The molecule has 0 amide bonds. The van der Waals surface area contributed by atoms with Gasteiger partial charge in [-0.1, -0.05) is 32.0 Å². The molecule has 0 N–H and O–H groups in total. The van der Waals surface area contributed by atoms with E-state index in [-0.39, 0.29) is 12.5 Å². The lowest BCUT2D eigenvalue weighted by molar-refractivity contribution is 0.126. The molecule has 1 aromatic carbocycles. The Morgan fingerprint density at radius 2 is 2.07 bits per heavy atom. The predicted octanol–water partition coefficient (Wildman–Crippen LogP) is 3.16. The molecule has 0 unspecified atom stereocenters. The number of fused-ring (bicyclic) bond motifs is 1. The van der Waals surface area contributed by atoms with E-state index in [4.69, 9.17) is 4.74 Å². The Kier molecular flexibility index (Phi) is 2.44. The van der Waals surface area contributed by atoms with Crippen LogP contribution in [0.15, 0.2) is 24.3 Å². The van der Waals surface area contributed by atoms with Crippen molar-refractivity contribution in [1.82, 2.24) is 0 Å². The van der Waals surface area contributed by atoms with Crippen LogP contribution in [0.5, 0.6) is 5.75 Å². The molecule has 1 nitrogen and oxygen atoms in total. The maximum Gasteiger partial charge on any atom is 0.141 e. The second kappa shape index (κ2) is 3.60. The summed E-state index contributed by atoms with van der Waals surface area (Å²) in [4.78, 5) is 0. The lowest BCUT2D eigenvalue weighted by atomic mass is 9.83. The molecule has 0 aliphatic carbocycles. The van der Waals surface area contributed by atoms with Crippen LogP contribution in [-0.4, -0.2) is 12.8 Å². The predicted molar refractivity (Wildman–Crippen MR) is 54.4 cm³/mol. The minimum Gasteiger partial charge on any atom is -0.490 e. The van der Waals surface area contributed by atoms with Gasteiger partial charge in [0.1, 0.15) is 18.5 Å². The van der Waals surface area contributed by atoms with Gasteiger partial charge in [0.2, 0.25) is 0 Å². The van der Waals surface area contributed by atoms with Gasteiger partial charge in [-0.25, -0.2) is 4.39 Å². The van der Waals surface area contributed by atoms with Crippen molar-refractivity contribution >= 4 is 0 Å². The van der Waals surface area contributed by atoms with Crippen LogP contribution in [0.1, 0.15) is 25.3 Å². The van der Waals surface area contributed by atoms with Crippen LogP contribution >= 0.6 is 0 Å². The highest BCUT2D eigenvalue weighted by atomic mass is 19.1. The van der Waals surface area contributed by atoms with Gasteiger partial charge in [0.25, 0.3) is 0 Å². The van der Waals surface area contributed by atoms with Gasteiger partial charge in [-0.15, -0.1) is 0 Å². The summed E-state index contributed by atoms with van der Waals surface area (Å²) < 4.78 is 19.0. The molecule has 76 valence electrons. The minimum atomic E-state index is -0.870. The largest absolute Gasteiger partial charge is 0.490 e. The summed E-state index contributed by atoms with van der Waals surface area (Å²) in [5, 5.41) is 0. The molecule has 2 atom stereocenters. The highest BCUT2D eigenvalue weighted by Crippen LogP contribution is 2.39. The Balaban J connectivity index is 2.41. The van der Waals surface area contributed by atoms with Gasteiger partial charge >= 0.3 is 0 Å². The monoisotopic (exact) mass is 194 g/mol. The van der Waals surface area contributed by atoms with E-state index in [9.17, 15) is 4.39 Å². The molecule has 0 fully saturated rings. The number of benzene rings is 1. The van der Waals surface area contributed by atoms with Crippen LogP contribution in [-0.2, 0) is 0 Å². The molecule has 0 aromatic heterocycles. The van der Waals surface area contributed by atoms with Crippen molar-refractivity contribution in [2.24, 2.45) is 5.92 Å². The Labute approximate surface area is 83.9 Å². The average molecular weight is 194 g/mol. The van der Waals surface area contributed by atoms with Crippen molar-refractivity contribution in [2.75, 3.05) is 6.61 Å². The summed E-state index contributed by atoms with van der Waals surface area (Å²) in [5.41, 5.74) is 1.02. The van der Waals surface area contributed by atoms with E-state index in [0.717, 1.165) is 11.3 Å². The third kappa shape index (κ3) is 1.49. The average Bonchev–Trinajstić information content (AvgIpc) is 2.17. The summed E-state index contributed by atoms with van der Waals surface area (Å²) >= 11 is 0. The number of halogens is 1. The number of para-hydroxylation sites is 1. The first-order valence-electron chi connectivity index (χ1n) is 5.06. The summed E-state index contributed by atoms with van der Waals surface area (Å²) in [6.45, 7) is 4.30. The molecule has 1 aromatic rings. The zero-order chi connectivity index (χ0) is 10.1. The third-order valence-electron chi connectivity index (χ3n) is 2.78. The van der Waals surface area contributed by atoms with Gasteiger partial charge in [0.05, 0.1) is 0 Å². The number of hydrogen-bond acceptors (Lipinski definition) is 1. The van der Waals surface area contributed by atoms with Crippen molar-refractivity contribution in [3.8, 4) is 5.75 Å². The van der Waals surface area contributed by atoms with Crippen LogP contribution < -0.4 is 4.74 Å². The SMILES string of the molecule is CC(C)[C@@H]1c2ccccc2OC[C@H]1F. The molecule has 14 heavy (non-hydrogen) atoms. The molecule has 0 bridgehead atoms. The fraction of sp³-hybridized carbons (Fsp3) is 0.500. The summed E-state index contributed by atoms with van der Waals surface area (Å²) in [7, 11) is 0. The normalized spacial score (nSPS) is 25.7. The van der Waals surface area contributed by atoms with E-state index in [1.165, 1.54) is 0 Å². The van der Waals surface area contributed by atoms with Crippen molar-refractivity contribution in [3.05, 3.63) is 29.8 Å². The smallest absolute Gasteiger partial charge is 0.141 e. The van der Waals surface area contributed by atoms with Gasteiger partial charge in [-0.3, -0.25) is 0 Å². The van der Waals surface area contributed by atoms with E-state index in [1.54, 1.807) is 0 Å². The molecule has 0 radical (unpaired) electrons. The summed E-state index contributed by atoms with van der Waals surface area (Å²) in [5.74, 6) is 1.15. The first-order valence-corrected chi connectivity index (χ1v) is 5.06. The van der Waals surface area contributed by atoms with Gasteiger partial charge in [-0.05, 0) is 12.0 Å². The maximum atomic E-state index is 13.7. The van der Waals surface area contributed by atoms with Crippen LogP contribution in [0.25, 0.3) is 0 Å². The molecule has 1 heterocycles. The fourth-order valence-corrected chi connectivity index (χ4v) is 2.13. The van der Waals surface area contributed by atoms with Gasteiger partial charge in [-0.2, -0.15) is 0 Å². The van der Waals surface area contributed by atoms with Gasteiger partial charge in [0.15, 0.2) is 0 Å². The highest BCUT2D eigenvalue weighted by molar-refractivity contribution is 5.39. The molecule has 1 aliphatic heterocycles. The first-order chi connectivity index (χ1) is 6.70. The van der Waals surface area contributed by atoms with E-state index in [2.05, 4.69) is 13.8 Å². The molecule has 0 saturated heterocycles. The van der Waals surface area contributed by atoms with E-state index in [0.29, 0.717) is 5.92 Å². The second-order valence-corrected chi connectivity index (χ2v) is 4.13. The molecular weight excluding hydrogens is 179 g/mol. The molecule has 2 heteroatoms. The lowest BCUT2D eigenvalue weighted by Gasteiger charge is -2.31. The zero-order valence-electron chi connectivity index (χ0n) is 8.53. The number of ether oxygens (including phenoxy) is 1. The zero-order valence-corrected chi connectivity index (χ0v) is 8.53. The van der Waals surface area contributed by atoms with Crippen molar-refractivity contribution < 1.29 is 9.13 Å². The highest BCUT2D eigenvalue weighted by Gasteiger charge is 2.32. The van der Waals surface area contributed by atoms with E-state index in [1.807, 2.05) is 24.3 Å². The van der Waals surface area contributed by atoms with Gasteiger partial charge < -0.3 is 4.74 Å². The summed E-state index contributed by atoms with van der Waals surface area (Å²) in [6, 6.07) is 7.74. The molecule has 1 aliphatic rings. The topological polar surface area (TPSA) is 9.23 Å². The Morgan fingerprint density at radius 3 is 2.79 bits per heavy atom. The third-order valence-corrected chi connectivity index (χ3v) is 2.78. The van der Waals surface area contributed by atoms with Crippen molar-refractivity contribution in [1.29, 1.82) is 0 Å². The molecule has 0 spiro atoms.